The summed E-state index contributed by atoms with van der Waals surface area (Å²) >= 11 is 5.94. The normalized spacial score (nSPS) is 20.8. The van der Waals surface area contributed by atoms with Gasteiger partial charge in [0.15, 0.2) is 0 Å². The van der Waals surface area contributed by atoms with Crippen LogP contribution in [0.1, 0.15) is 58.3 Å². The zero-order valence-electron chi connectivity index (χ0n) is 10.4. The summed E-state index contributed by atoms with van der Waals surface area (Å²) in [6.07, 6.45) is 9.62. The van der Waals surface area contributed by atoms with Crippen molar-refractivity contribution in [2.24, 2.45) is 0 Å². The van der Waals surface area contributed by atoms with Gasteiger partial charge in [0.05, 0.1) is 5.38 Å². The Hall–Kier alpha value is -0.240. The van der Waals surface area contributed by atoms with E-state index in [2.05, 4.69) is 6.92 Å². The van der Waals surface area contributed by atoms with E-state index in [1.54, 1.807) is 0 Å². The minimum absolute atomic E-state index is 0.0528. The van der Waals surface area contributed by atoms with Crippen LogP contribution in [0.5, 0.6) is 0 Å². The highest BCUT2D eigenvalue weighted by molar-refractivity contribution is 6.22. The van der Waals surface area contributed by atoms with E-state index in [0.29, 0.717) is 6.42 Å². The minimum atomic E-state index is 0.0528. The third kappa shape index (κ3) is 5.20. The lowest BCUT2D eigenvalue weighted by atomic mass is 10.1. The van der Waals surface area contributed by atoms with Crippen LogP contribution in [0, 0.1) is 0 Å². The number of unbranched alkanes of at least 4 members (excludes halogenated alkanes) is 6. The molecule has 0 bridgehead atoms. The second-order valence-electron chi connectivity index (χ2n) is 4.76. The van der Waals surface area contributed by atoms with E-state index < -0.39 is 0 Å². The van der Waals surface area contributed by atoms with Crippen LogP contribution in [0.4, 0.5) is 0 Å². The van der Waals surface area contributed by atoms with Gasteiger partial charge in [0.25, 0.3) is 0 Å². The first-order valence-electron chi connectivity index (χ1n) is 6.66. The number of nitrogens with zero attached hydrogens (tertiary/aromatic N) is 1. The Bertz CT molecular complexity index is 208. The Morgan fingerprint density at radius 1 is 1.19 bits per heavy atom. The van der Waals surface area contributed by atoms with Gasteiger partial charge in [-0.3, -0.25) is 4.79 Å². The number of carbonyl (C=O) groups is 1. The molecule has 1 aliphatic rings. The molecule has 0 aromatic rings. The molecular weight excluding hydrogens is 222 g/mol. The third-order valence-electron chi connectivity index (χ3n) is 3.20. The quantitative estimate of drug-likeness (QED) is 0.473. The second kappa shape index (κ2) is 7.94. The smallest absolute Gasteiger partial charge is 0.224 e. The number of likely N-dealkylation sites (tertiary alicyclic amines) is 1. The van der Waals surface area contributed by atoms with Gasteiger partial charge in [0, 0.05) is 19.5 Å². The van der Waals surface area contributed by atoms with Crippen LogP contribution in [-0.2, 0) is 4.79 Å². The first kappa shape index (κ1) is 13.8. The first-order chi connectivity index (χ1) is 7.74. The standard InChI is InChI=1S/C13H24ClNO/c1-2-3-4-5-6-7-8-9-15-11-12(14)10-13(15)16/h12H,2-11H2,1H3. The predicted molar refractivity (Wildman–Crippen MR) is 68.8 cm³/mol. The summed E-state index contributed by atoms with van der Waals surface area (Å²) in [5, 5.41) is 0.0528. The number of alkyl halides is 1. The van der Waals surface area contributed by atoms with E-state index in [4.69, 9.17) is 11.6 Å². The van der Waals surface area contributed by atoms with E-state index in [1.165, 1.54) is 38.5 Å². The molecule has 3 heteroatoms. The SMILES string of the molecule is CCCCCCCCCN1CC(Cl)CC1=O. The summed E-state index contributed by atoms with van der Waals surface area (Å²) in [7, 11) is 0. The summed E-state index contributed by atoms with van der Waals surface area (Å²) in [4.78, 5) is 13.4. The van der Waals surface area contributed by atoms with Crippen molar-refractivity contribution in [2.75, 3.05) is 13.1 Å². The lowest BCUT2D eigenvalue weighted by molar-refractivity contribution is -0.127. The maximum Gasteiger partial charge on any atom is 0.224 e. The molecule has 0 aliphatic carbocycles. The molecule has 2 nitrogen and oxygen atoms in total. The van der Waals surface area contributed by atoms with Gasteiger partial charge < -0.3 is 4.90 Å². The Balaban J connectivity index is 1.93. The summed E-state index contributed by atoms with van der Waals surface area (Å²) < 4.78 is 0. The van der Waals surface area contributed by atoms with Gasteiger partial charge in [-0.05, 0) is 6.42 Å². The van der Waals surface area contributed by atoms with Crippen LogP contribution in [0.2, 0.25) is 0 Å². The fourth-order valence-electron chi connectivity index (χ4n) is 2.20. The Labute approximate surface area is 104 Å². The topological polar surface area (TPSA) is 20.3 Å². The van der Waals surface area contributed by atoms with Crippen LogP contribution in [-0.4, -0.2) is 29.3 Å². The summed E-state index contributed by atoms with van der Waals surface area (Å²) in [5.41, 5.74) is 0. The van der Waals surface area contributed by atoms with Gasteiger partial charge in [0.1, 0.15) is 0 Å². The highest BCUT2D eigenvalue weighted by atomic mass is 35.5. The van der Waals surface area contributed by atoms with Crippen LogP contribution in [0.3, 0.4) is 0 Å². The molecular formula is C13H24ClNO. The highest BCUT2D eigenvalue weighted by Crippen LogP contribution is 2.17. The predicted octanol–water partition coefficient (Wildman–Crippen LogP) is 3.58. The maximum atomic E-state index is 11.4. The molecule has 0 aromatic heterocycles. The Morgan fingerprint density at radius 2 is 1.81 bits per heavy atom. The molecule has 1 fully saturated rings. The van der Waals surface area contributed by atoms with E-state index in [1.807, 2.05) is 4.90 Å². The molecule has 0 radical (unpaired) electrons. The maximum absolute atomic E-state index is 11.4. The molecule has 1 amide bonds. The summed E-state index contributed by atoms with van der Waals surface area (Å²) in [6.45, 7) is 3.91. The average Bonchev–Trinajstić information content (AvgIpc) is 2.56. The van der Waals surface area contributed by atoms with Gasteiger partial charge in [-0.2, -0.15) is 0 Å². The van der Waals surface area contributed by atoms with Gasteiger partial charge >= 0.3 is 0 Å². The lowest BCUT2D eigenvalue weighted by Crippen LogP contribution is -2.26. The van der Waals surface area contributed by atoms with E-state index in [9.17, 15) is 4.79 Å². The van der Waals surface area contributed by atoms with Gasteiger partial charge in [-0.25, -0.2) is 0 Å². The molecule has 0 spiro atoms. The fourth-order valence-corrected chi connectivity index (χ4v) is 2.50. The molecule has 1 unspecified atom stereocenters. The van der Waals surface area contributed by atoms with Crippen molar-refractivity contribution in [1.29, 1.82) is 0 Å². The summed E-state index contributed by atoms with van der Waals surface area (Å²) in [5.74, 6) is 0.242. The molecule has 1 rings (SSSR count). The van der Waals surface area contributed by atoms with Gasteiger partial charge in [-0.1, -0.05) is 45.4 Å². The van der Waals surface area contributed by atoms with E-state index in [0.717, 1.165) is 19.5 Å². The Morgan fingerprint density at radius 3 is 2.38 bits per heavy atom. The zero-order valence-corrected chi connectivity index (χ0v) is 11.1. The number of rotatable bonds is 8. The van der Waals surface area contributed by atoms with Crippen LogP contribution in [0.25, 0.3) is 0 Å². The van der Waals surface area contributed by atoms with Gasteiger partial charge in [-0.15, -0.1) is 11.6 Å². The highest BCUT2D eigenvalue weighted by Gasteiger charge is 2.26. The second-order valence-corrected chi connectivity index (χ2v) is 5.38. The van der Waals surface area contributed by atoms with Crippen molar-refractivity contribution in [3.8, 4) is 0 Å². The molecule has 94 valence electrons. The summed E-state index contributed by atoms with van der Waals surface area (Å²) in [6, 6.07) is 0. The number of hydrogen-bond acceptors (Lipinski definition) is 1. The molecule has 0 saturated carbocycles. The zero-order chi connectivity index (χ0) is 11.8. The van der Waals surface area contributed by atoms with Crippen molar-refractivity contribution in [3.63, 3.8) is 0 Å². The lowest BCUT2D eigenvalue weighted by Gasteiger charge is -2.15. The van der Waals surface area contributed by atoms with Crippen LogP contribution >= 0.6 is 11.6 Å². The number of hydrogen-bond donors (Lipinski definition) is 0. The third-order valence-corrected chi connectivity index (χ3v) is 3.49. The molecule has 1 atom stereocenters. The van der Waals surface area contributed by atoms with Crippen molar-refractivity contribution < 1.29 is 4.79 Å². The Kier molecular flexibility index (Phi) is 6.86. The minimum Gasteiger partial charge on any atom is -0.341 e. The monoisotopic (exact) mass is 245 g/mol. The van der Waals surface area contributed by atoms with Gasteiger partial charge in [0.2, 0.25) is 5.91 Å². The van der Waals surface area contributed by atoms with Crippen molar-refractivity contribution in [2.45, 2.75) is 63.7 Å². The largest absolute Gasteiger partial charge is 0.341 e. The van der Waals surface area contributed by atoms with Crippen molar-refractivity contribution >= 4 is 17.5 Å². The van der Waals surface area contributed by atoms with Crippen molar-refractivity contribution in [1.82, 2.24) is 4.90 Å². The molecule has 0 aromatic carbocycles. The fraction of sp³-hybridized carbons (Fsp3) is 0.923. The molecule has 16 heavy (non-hydrogen) atoms. The van der Waals surface area contributed by atoms with E-state index in [-0.39, 0.29) is 11.3 Å². The number of amides is 1. The number of carbonyl (C=O) groups excluding carboxylic acids is 1. The molecule has 1 heterocycles. The first-order valence-corrected chi connectivity index (χ1v) is 7.09. The number of halogens is 1. The van der Waals surface area contributed by atoms with E-state index >= 15 is 0 Å². The van der Waals surface area contributed by atoms with Crippen molar-refractivity contribution in [3.05, 3.63) is 0 Å². The molecule has 1 saturated heterocycles. The molecule has 0 N–H and O–H groups in total. The molecule has 1 aliphatic heterocycles. The van der Waals surface area contributed by atoms with Crippen LogP contribution < -0.4 is 0 Å². The average molecular weight is 246 g/mol. The van der Waals surface area contributed by atoms with Crippen LogP contribution in [0.15, 0.2) is 0 Å².